The van der Waals surface area contributed by atoms with Crippen LogP contribution < -0.4 is 14.4 Å². The van der Waals surface area contributed by atoms with E-state index in [0.29, 0.717) is 33.9 Å². The summed E-state index contributed by atoms with van der Waals surface area (Å²) in [4.78, 5) is 15.2. The van der Waals surface area contributed by atoms with E-state index >= 15 is 0 Å². The second-order valence-electron chi connectivity index (χ2n) is 7.27. The molecule has 3 aromatic carbocycles. The van der Waals surface area contributed by atoms with Crippen LogP contribution in [0, 0.1) is 6.92 Å². The zero-order chi connectivity index (χ0) is 22.5. The molecule has 0 spiro atoms. The maximum atomic E-state index is 13.0. The minimum absolute atomic E-state index is 0.119. The molecule has 1 amide bonds. The van der Waals surface area contributed by atoms with E-state index in [2.05, 4.69) is 0 Å². The van der Waals surface area contributed by atoms with Crippen molar-refractivity contribution in [3.8, 4) is 11.5 Å². The second-order valence-corrected chi connectivity index (χ2v) is 8.94. The van der Waals surface area contributed by atoms with Crippen molar-refractivity contribution in [2.75, 3.05) is 11.5 Å². The quantitative estimate of drug-likeness (QED) is 0.302. The highest BCUT2D eigenvalue weighted by Gasteiger charge is 2.33. The third-order valence-corrected chi connectivity index (χ3v) is 6.19. The van der Waals surface area contributed by atoms with E-state index in [9.17, 15) is 4.79 Å². The molecule has 3 aromatic rings. The molecule has 0 atom stereocenters. The molecule has 162 valence electrons. The first-order valence-corrected chi connectivity index (χ1v) is 11.6. The molecule has 4 nitrogen and oxygen atoms in total. The van der Waals surface area contributed by atoms with Gasteiger partial charge in [-0.05, 0) is 55.3 Å². The lowest BCUT2D eigenvalue weighted by atomic mass is 10.1. The lowest BCUT2D eigenvalue weighted by molar-refractivity contribution is -0.113. The summed E-state index contributed by atoms with van der Waals surface area (Å²) in [5.74, 6) is 1.19. The van der Waals surface area contributed by atoms with Crippen molar-refractivity contribution >= 4 is 46.0 Å². The van der Waals surface area contributed by atoms with Crippen molar-refractivity contribution < 1.29 is 14.3 Å². The van der Waals surface area contributed by atoms with Gasteiger partial charge in [-0.15, -0.1) is 0 Å². The number of rotatable bonds is 7. The summed E-state index contributed by atoms with van der Waals surface area (Å²) in [7, 11) is 0. The molecule has 6 heteroatoms. The summed E-state index contributed by atoms with van der Waals surface area (Å²) >= 11 is 6.78. The molecule has 0 radical (unpaired) electrons. The first kappa shape index (κ1) is 22.1. The number of hydrogen-bond donors (Lipinski definition) is 0. The Labute approximate surface area is 197 Å². The molecule has 1 aliphatic rings. The largest absolute Gasteiger partial charge is 0.490 e. The van der Waals surface area contributed by atoms with Crippen LogP contribution in [0.15, 0.2) is 77.7 Å². The normalized spacial score (nSPS) is 14.8. The number of thiocarbonyl (C=S) groups is 1. The maximum absolute atomic E-state index is 13.0. The van der Waals surface area contributed by atoms with E-state index in [0.717, 1.165) is 22.4 Å². The van der Waals surface area contributed by atoms with Gasteiger partial charge in [-0.3, -0.25) is 9.69 Å². The van der Waals surface area contributed by atoms with Crippen molar-refractivity contribution in [3.05, 3.63) is 94.4 Å². The Kier molecular flexibility index (Phi) is 6.93. The van der Waals surface area contributed by atoms with Gasteiger partial charge in [-0.1, -0.05) is 78.1 Å². The second kappa shape index (κ2) is 10.0. The first-order valence-electron chi connectivity index (χ1n) is 10.3. The molecule has 0 saturated carbocycles. The highest BCUT2D eigenvalue weighted by atomic mass is 32.2. The number of amides is 1. The Morgan fingerprint density at radius 2 is 1.72 bits per heavy atom. The van der Waals surface area contributed by atoms with Crippen LogP contribution in [0.25, 0.3) is 6.08 Å². The standard InChI is InChI=1S/C26H23NO3S2/c1-3-29-23-15-20(11-14-22(23)30-17-19-7-5-4-6-8-19)16-24-25(28)27(26(31)32-24)21-12-9-18(2)10-13-21/h4-16H,3,17H2,1-2H3. The van der Waals surface area contributed by atoms with Gasteiger partial charge < -0.3 is 9.47 Å². The molecular formula is C26H23NO3S2. The number of carbonyl (C=O) groups excluding carboxylic acids is 1. The Morgan fingerprint density at radius 1 is 0.969 bits per heavy atom. The zero-order valence-electron chi connectivity index (χ0n) is 17.9. The van der Waals surface area contributed by atoms with Crippen molar-refractivity contribution in [2.45, 2.75) is 20.5 Å². The summed E-state index contributed by atoms with van der Waals surface area (Å²) in [6.45, 7) is 4.91. The number of carbonyl (C=O) groups is 1. The van der Waals surface area contributed by atoms with Crippen LogP contribution in [0.5, 0.6) is 11.5 Å². The Balaban J connectivity index is 1.55. The topological polar surface area (TPSA) is 38.8 Å². The number of benzene rings is 3. The molecule has 32 heavy (non-hydrogen) atoms. The molecule has 1 aliphatic heterocycles. The monoisotopic (exact) mass is 461 g/mol. The van der Waals surface area contributed by atoms with Crippen LogP contribution in [0.1, 0.15) is 23.6 Å². The minimum atomic E-state index is -0.119. The SMILES string of the molecule is CCOc1cc(C=C2SC(=S)N(c3ccc(C)cc3)C2=O)ccc1OCc1ccccc1. The first-order chi connectivity index (χ1) is 15.5. The van der Waals surface area contributed by atoms with Crippen LogP contribution in [-0.4, -0.2) is 16.8 Å². The molecule has 0 unspecified atom stereocenters. The van der Waals surface area contributed by atoms with Gasteiger partial charge in [0, 0.05) is 0 Å². The lowest BCUT2D eigenvalue weighted by Crippen LogP contribution is -2.27. The highest BCUT2D eigenvalue weighted by Crippen LogP contribution is 2.37. The fraction of sp³-hybridized carbons (Fsp3) is 0.154. The number of ether oxygens (including phenoxy) is 2. The predicted molar refractivity (Wildman–Crippen MR) is 135 cm³/mol. The molecule has 1 saturated heterocycles. The van der Waals surface area contributed by atoms with E-state index in [-0.39, 0.29) is 5.91 Å². The molecular weight excluding hydrogens is 438 g/mol. The summed E-state index contributed by atoms with van der Waals surface area (Å²) in [6, 6.07) is 23.4. The Morgan fingerprint density at radius 3 is 2.44 bits per heavy atom. The highest BCUT2D eigenvalue weighted by molar-refractivity contribution is 8.27. The van der Waals surface area contributed by atoms with Crippen LogP contribution in [0.3, 0.4) is 0 Å². The van der Waals surface area contributed by atoms with Gasteiger partial charge in [-0.25, -0.2) is 0 Å². The fourth-order valence-electron chi connectivity index (χ4n) is 3.27. The molecule has 0 bridgehead atoms. The van der Waals surface area contributed by atoms with Crippen molar-refractivity contribution in [1.29, 1.82) is 0 Å². The van der Waals surface area contributed by atoms with Crippen LogP contribution in [0.2, 0.25) is 0 Å². The Bertz CT molecular complexity index is 1160. The Hall–Kier alpha value is -3.09. The summed E-state index contributed by atoms with van der Waals surface area (Å²) < 4.78 is 12.3. The average Bonchev–Trinajstić information content (AvgIpc) is 3.07. The van der Waals surface area contributed by atoms with Gasteiger partial charge in [-0.2, -0.15) is 0 Å². The average molecular weight is 462 g/mol. The van der Waals surface area contributed by atoms with E-state index in [1.165, 1.54) is 11.8 Å². The van der Waals surface area contributed by atoms with Crippen LogP contribution in [-0.2, 0) is 11.4 Å². The van der Waals surface area contributed by atoms with Crippen LogP contribution >= 0.6 is 24.0 Å². The van der Waals surface area contributed by atoms with E-state index < -0.39 is 0 Å². The smallest absolute Gasteiger partial charge is 0.270 e. The van der Waals surface area contributed by atoms with Gasteiger partial charge in [0.1, 0.15) is 6.61 Å². The number of thioether (sulfide) groups is 1. The third-order valence-electron chi connectivity index (χ3n) is 4.89. The van der Waals surface area contributed by atoms with Gasteiger partial charge >= 0.3 is 0 Å². The van der Waals surface area contributed by atoms with Gasteiger partial charge in [0.05, 0.1) is 17.2 Å². The van der Waals surface area contributed by atoms with Crippen molar-refractivity contribution in [2.24, 2.45) is 0 Å². The van der Waals surface area contributed by atoms with Crippen molar-refractivity contribution in [1.82, 2.24) is 0 Å². The number of anilines is 1. The zero-order valence-corrected chi connectivity index (χ0v) is 19.5. The third kappa shape index (κ3) is 5.03. The molecule has 4 rings (SSSR count). The number of nitrogens with zero attached hydrogens (tertiary/aromatic N) is 1. The van der Waals surface area contributed by atoms with E-state index in [1.54, 1.807) is 4.90 Å². The number of aryl methyl sites for hydroxylation is 1. The van der Waals surface area contributed by atoms with Crippen LogP contribution in [0.4, 0.5) is 5.69 Å². The lowest BCUT2D eigenvalue weighted by Gasteiger charge is -2.14. The fourth-order valence-corrected chi connectivity index (χ4v) is 4.57. The molecule has 1 heterocycles. The number of hydrogen-bond acceptors (Lipinski definition) is 5. The predicted octanol–water partition coefficient (Wildman–Crippen LogP) is 6.38. The van der Waals surface area contributed by atoms with Gasteiger partial charge in [0.25, 0.3) is 5.91 Å². The molecule has 1 fully saturated rings. The van der Waals surface area contributed by atoms with E-state index in [4.69, 9.17) is 21.7 Å². The van der Waals surface area contributed by atoms with Gasteiger partial charge in [0.15, 0.2) is 15.8 Å². The molecule has 0 aliphatic carbocycles. The maximum Gasteiger partial charge on any atom is 0.270 e. The van der Waals surface area contributed by atoms with Gasteiger partial charge in [0.2, 0.25) is 0 Å². The van der Waals surface area contributed by atoms with Crippen molar-refractivity contribution in [3.63, 3.8) is 0 Å². The molecule has 0 aromatic heterocycles. The minimum Gasteiger partial charge on any atom is -0.490 e. The summed E-state index contributed by atoms with van der Waals surface area (Å²) in [5, 5.41) is 0. The summed E-state index contributed by atoms with van der Waals surface area (Å²) in [5.41, 5.74) is 3.85. The summed E-state index contributed by atoms with van der Waals surface area (Å²) in [6.07, 6.45) is 1.84. The van der Waals surface area contributed by atoms with E-state index in [1.807, 2.05) is 92.7 Å². The molecule has 0 N–H and O–H groups in total.